The molecule has 0 saturated heterocycles. The van der Waals surface area contributed by atoms with E-state index < -0.39 is 5.97 Å². The molecule has 0 spiro atoms. The van der Waals surface area contributed by atoms with Gasteiger partial charge in [-0.25, -0.2) is 9.78 Å². The average molecular weight is 288 g/mol. The summed E-state index contributed by atoms with van der Waals surface area (Å²) in [7, 11) is 2.85. The van der Waals surface area contributed by atoms with Crippen molar-refractivity contribution in [2.45, 2.75) is 6.61 Å². The van der Waals surface area contributed by atoms with E-state index in [1.807, 2.05) is 6.07 Å². The topological polar surface area (TPSA) is 83.7 Å². The minimum atomic E-state index is -0.504. The zero-order valence-corrected chi connectivity index (χ0v) is 11.8. The minimum absolute atomic E-state index is 0.200. The Balaban J connectivity index is 2.17. The second-order valence-electron chi connectivity index (χ2n) is 4.21. The Bertz CT molecular complexity index is 643. The number of pyridine rings is 1. The smallest absolute Gasteiger partial charge is 0.341 e. The fraction of sp³-hybridized carbons (Fsp3) is 0.200. The largest absolute Gasteiger partial charge is 0.486 e. The normalized spacial score (nSPS) is 10.0. The lowest BCUT2D eigenvalue weighted by Crippen LogP contribution is -2.07. The van der Waals surface area contributed by atoms with Crippen LogP contribution in [-0.4, -0.2) is 25.2 Å². The third-order valence-electron chi connectivity index (χ3n) is 2.77. The summed E-state index contributed by atoms with van der Waals surface area (Å²) < 4.78 is 15.4. The van der Waals surface area contributed by atoms with Crippen molar-refractivity contribution >= 4 is 11.7 Å². The third kappa shape index (κ3) is 3.62. The van der Waals surface area contributed by atoms with E-state index in [9.17, 15) is 4.79 Å². The predicted octanol–water partition coefficient (Wildman–Crippen LogP) is 2.04. The van der Waals surface area contributed by atoms with Crippen LogP contribution in [0, 0.1) is 0 Å². The van der Waals surface area contributed by atoms with Crippen LogP contribution in [0.15, 0.2) is 36.4 Å². The van der Waals surface area contributed by atoms with Gasteiger partial charge in [-0.3, -0.25) is 0 Å². The molecular weight excluding hydrogens is 272 g/mol. The molecule has 0 aliphatic rings. The van der Waals surface area contributed by atoms with Gasteiger partial charge in [0, 0.05) is 11.8 Å². The summed E-state index contributed by atoms with van der Waals surface area (Å²) in [6.07, 6.45) is 0. The Morgan fingerprint density at radius 2 is 2.05 bits per heavy atom. The number of benzene rings is 1. The summed E-state index contributed by atoms with van der Waals surface area (Å²) in [6.45, 7) is 0.200. The first-order valence-corrected chi connectivity index (χ1v) is 6.24. The standard InChI is InChI=1S/C15H16N2O4/c1-19-14-5-3-4-11(17-14)9-21-13-7-6-10(16)8-12(13)15(18)20-2/h3-8H,9,16H2,1-2H3. The van der Waals surface area contributed by atoms with Crippen molar-refractivity contribution < 1.29 is 19.0 Å². The molecule has 110 valence electrons. The second kappa shape index (κ2) is 6.60. The average Bonchev–Trinajstić information content (AvgIpc) is 2.53. The van der Waals surface area contributed by atoms with Gasteiger partial charge in [-0.2, -0.15) is 0 Å². The highest BCUT2D eigenvalue weighted by Crippen LogP contribution is 2.23. The second-order valence-corrected chi connectivity index (χ2v) is 4.21. The van der Waals surface area contributed by atoms with Crippen LogP contribution in [0.25, 0.3) is 0 Å². The lowest BCUT2D eigenvalue weighted by Gasteiger charge is -2.11. The first-order chi connectivity index (χ1) is 10.1. The molecule has 0 amide bonds. The number of carbonyl (C=O) groups is 1. The molecule has 0 saturated carbocycles. The molecule has 0 aliphatic heterocycles. The number of methoxy groups -OCH3 is 2. The summed E-state index contributed by atoms with van der Waals surface area (Å²) in [5.74, 6) is 0.387. The summed E-state index contributed by atoms with van der Waals surface area (Å²) >= 11 is 0. The Morgan fingerprint density at radius 1 is 1.24 bits per heavy atom. The number of nitrogens with zero attached hydrogens (tertiary/aromatic N) is 1. The van der Waals surface area contributed by atoms with Crippen LogP contribution in [0.5, 0.6) is 11.6 Å². The number of anilines is 1. The molecule has 0 atom stereocenters. The number of ether oxygens (including phenoxy) is 3. The zero-order valence-electron chi connectivity index (χ0n) is 11.8. The Kier molecular flexibility index (Phi) is 4.61. The maximum atomic E-state index is 11.7. The van der Waals surface area contributed by atoms with Crippen LogP contribution in [-0.2, 0) is 11.3 Å². The van der Waals surface area contributed by atoms with Crippen LogP contribution in [0.2, 0.25) is 0 Å². The Labute approximate surface area is 122 Å². The molecule has 2 rings (SSSR count). The third-order valence-corrected chi connectivity index (χ3v) is 2.77. The molecule has 0 aliphatic carbocycles. The van der Waals surface area contributed by atoms with Crippen LogP contribution in [0.3, 0.4) is 0 Å². The van der Waals surface area contributed by atoms with E-state index in [0.717, 1.165) is 0 Å². The van der Waals surface area contributed by atoms with Crippen LogP contribution in [0.4, 0.5) is 5.69 Å². The predicted molar refractivity (Wildman–Crippen MR) is 77.3 cm³/mol. The van der Waals surface area contributed by atoms with E-state index in [1.54, 1.807) is 31.4 Å². The summed E-state index contributed by atoms with van der Waals surface area (Å²) in [4.78, 5) is 15.9. The molecule has 21 heavy (non-hydrogen) atoms. The van der Waals surface area contributed by atoms with Crippen LogP contribution < -0.4 is 15.2 Å². The number of aromatic nitrogens is 1. The molecular formula is C15H16N2O4. The highest BCUT2D eigenvalue weighted by atomic mass is 16.5. The van der Waals surface area contributed by atoms with E-state index in [4.69, 9.17) is 19.9 Å². The van der Waals surface area contributed by atoms with Crippen molar-refractivity contribution in [2.75, 3.05) is 20.0 Å². The molecule has 0 radical (unpaired) electrons. The maximum Gasteiger partial charge on any atom is 0.341 e. The number of nitrogen functional groups attached to an aromatic ring is 1. The monoisotopic (exact) mass is 288 g/mol. The number of esters is 1. The molecule has 6 heteroatoms. The van der Waals surface area contributed by atoms with Gasteiger partial charge in [-0.1, -0.05) is 6.07 Å². The molecule has 6 nitrogen and oxygen atoms in total. The van der Waals surface area contributed by atoms with Gasteiger partial charge in [0.05, 0.1) is 19.9 Å². The van der Waals surface area contributed by atoms with Gasteiger partial charge < -0.3 is 19.9 Å². The van der Waals surface area contributed by atoms with Gasteiger partial charge in [0.25, 0.3) is 0 Å². The highest BCUT2D eigenvalue weighted by Gasteiger charge is 2.14. The number of hydrogen-bond acceptors (Lipinski definition) is 6. The van der Waals surface area contributed by atoms with E-state index in [1.165, 1.54) is 13.2 Å². The summed E-state index contributed by atoms with van der Waals surface area (Å²) in [5.41, 5.74) is 7.09. The maximum absolute atomic E-state index is 11.7. The SMILES string of the molecule is COC(=O)c1cc(N)ccc1OCc1cccc(OC)n1. The first kappa shape index (κ1) is 14.6. The molecule has 2 aromatic rings. The lowest BCUT2D eigenvalue weighted by molar-refractivity contribution is 0.0595. The molecule has 0 unspecified atom stereocenters. The number of carbonyl (C=O) groups excluding carboxylic acids is 1. The van der Waals surface area contributed by atoms with Gasteiger partial charge in [0.15, 0.2) is 0 Å². The van der Waals surface area contributed by atoms with E-state index in [2.05, 4.69) is 4.98 Å². The fourth-order valence-electron chi connectivity index (χ4n) is 1.75. The Morgan fingerprint density at radius 3 is 2.76 bits per heavy atom. The molecule has 0 bridgehead atoms. The summed E-state index contributed by atoms with van der Waals surface area (Å²) in [6, 6.07) is 10.2. The van der Waals surface area contributed by atoms with Gasteiger partial charge in [-0.15, -0.1) is 0 Å². The van der Waals surface area contributed by atoms with Gasteiger partial charge >= 0.3 is 5.97 Å². The van der Waals surface area contributed by atoms with Crippen molar-refractivity contribution in [3.8, 4) is 11.6 Å². The quantitative estimate of drug-likeness (QED) is 0.669. The fourth-order valence-corrected chi connectivity index (χ4v) is 1.75. The van der Waals surface area contributed by atoms with Gasteiger partial charge in [-0.05, 0) is 24.3 Å². The van der Waals surface area contributed by atoms with Crippen LogP contribution >= 0.6 is 0 Å². The lowest BCUT2D eigenvalue weighted by atomic mass is 10.2. The number of rotatable bonds is 5. The Hall–Kier alpha value is -2.76. The number of nitrogens with two attached hydrogens (primary N) is 1. The number of hydrogen-bond donors (Lipinski definition) is 1. The van der Waals surface area contributed by atoms with E-state index in [0.29, 0.717) is 23.0 Å². The van der Waals surface area contributed by atoms with E-state index >= 15 is 0 Å². The van der Waals surface area contributed by atoms with E-state index in [-0.39, 0.29) is 12.2 Å². The molecule has 1 heterocycles. The molecule has 0 fully saturated rings. The van der Waals surface area contributed by atoms with Crippen LogP contribution in [0.1, 0.15) is 16.1 Å². The first-order valence-electron chi connectivity index (χ1n) is 6.24. The zero-order chi connectivity index (χ0) is 15.2. The van der Waals surface area contributed by atoms with Crippen molar-refractivity contribution in [3.63, 3.8) is 0 Å². The van der Waals surface area contributed by atoms with Gasteiger partial charge in [0.2, 0.25) is 5.88 Å². The van der Waals surface area contributed by atoms with Crippen molar-refractivity contribution in [2.24, 2.45) is 0 Å². The van der Waals surface area contributed by atoms with Gasteiger partial charge in [0.1, 0.15) is 17.9 Å². The molecule has 1 aromatic heterocycles. The van der Waals surface area contributed by atoms with Crippen molar-refractivity contribution in [3.05, 3.63) is 47.7 Å². The highest BCUT2D eigenvalue weighted by molar-refractivity contribution is 5.93. The summed E-state index contributed by atoms with van der Waals surface area (Å²) in [5, 5.41) is 0. The molecule has 2 N–H and O–H groups in total. The minimum Gasteiger partial charge on any atom is -0.486 e. The van der Waals surface area contributed by atoms with Crippen molar-refractivity contribution in [1.82, 2.24) is 4.98 Å². The van der Waals surface area contributed by atoms with Crippen molar-refractivity contribution in [1.29, 1.82) is 0 Å². The molecule has 1 aromatic carbocycles.